The molecule has 102 valence electrons. The Hall–Kier alpha value is -1.21. The van der Waals surface area contributed by atoms with Crippen molar-refractivity contribution >= 4 is 21.4 Å². The first-order valence-electron chi connectivity index (χ1n) is 5.82. The van der Waals surface area contributed by atoms with Gasteiger partial charge in [0.05, 0.1) is 4.90 Å². The van der Waals surface area contributed by atoms with Crippen LogP contribution in [0.1, 0.15) is 16.0 Å². The van der Waals surface area contributed by atoms with Gasteiger partial charge in [0.1, 0.15) is 0 Å². The number of aryl methyl sites for hydroxylation is 1. The number of thiophene rings is 1. The van der Waals surface area contributed by atoms with Crippen molar-refractivity contribution < 1.29 is 8.42 Å². The zero-order chi connectivity index (χ0) is 13.9. The number of nitrogens with one attached hydrogen (secondary N) is 1. The predicted molar refractivity (Wildman–Crippen MR) is 77.4 cm³/mol. The van der Waals surface area contributed by atoms with Crippen LogP contribution in [0.25, 0.3) is 0 Å². The molecule has 0 spiro atoms. The first-order chi connectivity index (χ1) is 8.97. The highest BCUT2D eigenvalue weighted by molar-refractivity contribution is 7.89. The van der Waals surface area contributed by atoms with Gasteiger partial charge in [0.15, 0.2) is 0 Å². The van der Waals surface area contributed by atoms with Crippen molar-refractivity contribution in [2.45, 2.75) is 24.9 Å². The maximum Gasteiger partial charge on any atom is 0.238 e. The molecular weight excluding hydrogens is 280 g/mol. The SMILES string of the molecule is Cc1ccsc1CNCc1cccc(S(N)(=O)=O)c1. The van der Waals surface area contributed by atoms with E-state index in [-0.39, 0.29) is 4.90 Å². The van der Waals surface area contributed by atoms with E-state index in [0.29, 0.717) is 6.54 Å². The summed E-state index contributed by atoms with van der Waals surface area (Å²) in [5, 5.41) is 10.5. The third-order valence-electron chi connectivity index (χ3n) is 2.81. The summed E-state index contributed by atoms with van der Waals surface area (Å²) < 4.78 is 22.5. The predicted octanol–water partition coefficient (Wildman–Crippen LogP) is 1.99. The second kappa shape index (κ2) is 5.83. The molecule has 1 aromatic carbocycles. The maximum absolute atomic E-state index is 11.2. The van der Waals surface area contributed by atoms with Gasteiger partial charge in [0.2, 0.25) is 10.0 Å². The molecule has 6 heteroatoms. The number of sulfonamides is 1. The van der Waals surface area contributed by atoms with Crippen molar-refractivity contribution in [2.75, 3.05) is 0 Å². The smallest absolute Gasteiger partial charge is 0.238 e. The van der Waals surface area contributed by atoms with Crippen molar-refractivity contribution in [3.63, 3.8) is 0 Å². The monoisotopic (exact) mass is 296 g/mol. The fraction of sp³-hybridized carbons (Fsp3) is 0.231. The Balaban J connectivity index is 1.99. The van der Waals surface area contributed by atoms with E-state index in [4.69, 9.17) is 5.14 Å². The zero-order valence-corrected chi connectivity index (χ0v) is 12.2. The highest BCUT2D eigenvalue weighted by atomic mass is 32.2. The first-order valence-corrected chi connectivity index (χ1v) is 8.25. The molecule has 0 atom stereocenters. The molecule has 0 bridgehead atoms. The van der Waals surface area contributed by atoms with Crippen LogP contribution < -0.4 is 10.5 Å². The summed E-state index contributed by atoms with van der Waals surface area (Å²) in [5.74, 6) is 0. The van der Waals surface area contributed by atoms with Gasteiger partial charge >= 0.3 is 0 Å². The molecule has 0 aliphatic rings. The number of nitrogens with two attached hydrogens (primary N) is 1. The van der Waals surface area contributed by atoms with Gasteiger partial charge in [-0.15, -0.1) is 11.3 Å². The Bertz CT molecular complexity index is 663. The van der Waals surface area contributed by atoms with Gasteiger partial charge in [0, 0.05) is 18.0 Å². The molecule has 0 unspecified atom stereocenters. The van der Waals surface area contributed by atoms with E-state index >= 15 is 0 Å². The van der Waals surface area contributed by atoms with Crippen molar-refractivity contribution in [1.29, 1.82) is 0 Å². The molecule has 0 amide bonds. The normalized spacial score (nSPS) is 11.7. The molecule has 1 heterocycles. The summed E-state index contributed by atoms with van der Waals surface area (Å²) in [7, 11) is -3.63. The van der Waals surface area contributed by atoms with Gasteiger partial charge < -0.3 is 5.32 Å². The lowest BCUT2D eigenvalue weighted by Crippen LogP contribution is -2.15. The molecule has 2 rings (SSSR count). The van der Waals surface area contributed by atoms with Crippen molar-refractivity contribution in [3.8, 4) is 0 Å². The Kier molecular flexibility index (Phi) is 4.36. The third kappa shape index (κ3) is 3.87. The lowest BCUT2D eigenvalue weighted by molar-refractivity contribution is 0.597. The number of hydrogen-bond donors (Lipinski definition) is 2. The average Bonchev–Trinajstić information content (AvgIpc) is 2.75. The average molecular weight is 296 g/mol. The van der Waals surface area contributed by atoms with Crippen molar-refractivity contribution in [3.05, 3.63) is 51.7 Å². The lowest BCUT2D eigenvalue weighted by atomic mass is 10.2. The van der Waals surface area contributed by atoms with Crippen molar-refractivity contribution in [1.82, 2.24) is 5.32 Å². The van der Waals surface area contributed by atoms with Gasteiger partial charge in [-0.05, 0) is 41.6 Å². The first kappa shape index (κ1) is 14.2. The summed E-state index contributed by atoms with van der Waals surface area (Å²) in [6.07, 6.45) is 0. The number of benzene rings is 1. The fourth-order valence-electron chi connectivity index (χ4n) is 1.74. The summed E-state index contributed by atoms with van der Waals surface area (Å²) in [5.41, 5.74) is 2.18. The Labute approximate surface area is 117 Å². The van der Waals surface area contributed by atoms with E-state index in [1.807, 2.05) is 6.07 Å². The molecule has 0 saturated carbocycles. The van der Waals surface area contributed by atoms with Crippen LogP contribution in [0.3, 0.4) is 0 Å². The Morgan fingerprint density at radius 3 is 2.68 bits per heavy atom. The maximum atomic E-state index is 11.2. The molecule has 0 fully saturated rings. The molecule has 2 aromatic rings. The van der Waals surface area contributed by atoms with Crippen LogP contribution >= 0.6 is 11.3 Å². The minimum atomic E-state index is -3.63. The van der Waals surface area contributed by atoms with E-state index in [1.165, 1.54) is 16.5 Å². The second-order valence-corrected chi connectivity index (χ2v) is 6.88. The topological polar surface area (TPSA) is 72.2 Å². The largest absolute Gasteiger partial charge is 0.308 e. The fourth-order valence-corrected chi connectivity index (χ4v) is 3.20. The van der Waals surface area contributed by atoms with Crippen LogP contribution in [0.5, 0.6) is 0 Å². The highest BCUT2D eigenvalue weighted by Gasteiger charge is 2.07. The third-order valence-corrected chi connectivity index (χ3v) is 4.74. The van der Waals surface area contributed by atoms with E-state index in [9.17, 15) is 8.42 Å². The van der Waals surface area contributed by atoms with Gasteiger partial charge in [-0.1, -0.05) is 12.1 Å². The number of primary sulfonamides is 1. The van der Waals surface area contributed by atoms with Crippen molar-refractivity contribution in [2.24, 2.45) is 5.14 Å². The van der Waals surface area contributed by atoms with Crippen LogP contribution in [0, 0.1) is 6.92 Å². The summed E-state index contributed by atoms with van der Waals surface area (Å²) in [6.45, 7) is 3.47. The van der Waals surface area contributed by atoms with Crippen LogP contribution in [0.15, 0.2) is 40.6 Å². The van der Waals surface area contributed by atoms with Crippen LogP contribution in [-0.4, -0.2) is 8.42 Å². The zero-order valence-electron chi connectivity index (χ0n) is 10.6. The van der Waals surface area contributed by atoms with Gasteiger partial charge in [0.25, 0.3) is 0 Å². The number of rotatable bonds is 5. The molecule has 4 nitrogen and oxygen atoms in total. The second-order valence-electron chi connectivity index (χ2n) is 4.32. The number of hydrogen-bond acceptors (Lipinski definition) is 4. The molecular formula is C13H16N2O2S2. The van der Waals surface area contributed by atoms with Crippen LogP contribution in [0.4, 0.5) is 0 Å². The molecule has 0 aliphatic carbocycles. The van der Waals surface area contributed by atoms with Crippen LogP contribution in [-0.2, 0) is 23.1 Å². The van der Waals surface area contributed by atoms with E-state index in [1.54, 1.807) is 23.5 Å². The van der Waals surface area contributed by atoms with Gasteiger partial charge in [-0.25, -0.2) is 13.6 Å². The molecule has 1 aromatic heterocycles. The quantitative estimate of drug-likeness (QED) is 0.886. The van der Waals surface area contributed by atoms with E-state index in [2.05, 4.69) is 23.7 Å². The standard InChI is InChI=1S/C13H16N2O2S2/c1-10-5-6-18-13(10)9-15-8-11-3-2-4-12(7-11)19(14,16)17/h2-7,15H,8-9H2,1H3,(H2,14,16,17). The molecule has 0 aliphatic heterocycles. The minimum absolute atomic E-state index is 0.152. The Morgan fingerprint density at radius 2 is 2.05 bits per heavy atom. The van der Waals surface area contributed by atoms with Crippen LogP contribution in [0.2, 0.25) is 0 Å². The minimum Gasteiger partial charge on any atom is -0.308 e. The molecule has 0 saturated heterocycles. The van der Waals surface area contributed by atoms with E-state index < -0.39 is 10.0 Å². The molecule has 3 N–H and O–H groups in total. The highest BCUT2D eigenvalue weighted by Crippen LogP contribution is 2.15. The van der Waals surface area contributed by atoms with Gasteiger partial charge in [-0.3, -0.25) is 0 Å². The van der Waals surface area contributed by atoms with Gasteiger partial charge in [-0.2, -0.15) is 0 Å². The lowest BCUT2D eigenvalue weighted by Gasteiger charge is -2.06. The summed E-state index contributed by atoms with van der Waals surface area (Å²) >= 11 is 1.71. The summed E-state index contributed by atoms with van der Waals surface area (Å²) in [4.78, 5) is 1.45. The Morgan fingerprint density at radius 1 is 1.26 bits per heavy atom. The van der Waals surface area contributed by atoms with E-state index in [0.717, 1.165) is 12.1 Å². The summed E-state index contributed by atoms with van der Waals surface area (Å²) in [6, 6.07) is 8.77. The molecule has 19 heavy (non-hydrogen) atoms. The molecule has 0 radical (unpaired) electrons.